The minimum absolute atomic E-state index is 0.268. The van der Waals surface area contributed by atoms with Gasteiger partial charge in [0.25, 0.3) is 0 Å². The third kappa shape index (κ3) is 5.43. The van der Waals surface area contributed by atoms with Crippen molar-refractivity contribution in [2.75, 3.05) is 20.8 Å². The number of nitrogens with zero attached hydrogens (tertiary/aromatic N) is 1. The van der Waals surface area contributed by atoms with E-state index in [4.69, 9.17) is 10.6 Å². The fraction of sp³-hybridized carbons (Fsp3) is 0.875. The molecule has 0 spiro atoms. The van der Waals surface area contributed by atoms with E-state index in [9.17, 15) is 0 Å². The van der Waals surface area contributed by atoms with Gasteiger partial charge < -0.3 is 10.1 Å². The topological polar surface area (TPSA) is 71.7 Å². The normalized spacial score (nSPS) is 14.0. The van der Waals surface area contributed by atoms with Crippen molar-refractivity contribution in [2.45, 2.75) is 25.8 Å². The number of methoxy groups -OCH3 is 1. The van der Waals surface area contributed by atoms with Crippen molar-refractivity contribution in [3.8, 4) is 0 Å². The molecule has 5 heteroatoms. The van der Waals surface area contributed by atoms with Gasteiger partial charge in [-0.15, -0.1) is 0 Å². The molecule has 0 saturated heterocycles. The van der Waals surface area contributed by atoms with Crippen LogP contribution >= 0.6 is 0 Å². The minimum atomic E-state index is 0.268. The third-order valence-electron chi connectivity index (χ3n) is 1.71. The van der Waals surface area contributed by atoms with Crippen LogP contribution < -0.4 is 16.6 Å². The zero-order valence-electron chi connectivity index (χ0n) is 8.63. The monoisotopic (exact) mass is 188 g/mol. The Morgan fingerprint density at radius 3 is 2.69 bits per heavy atom. The summed E-state index contributed by atoms with van der Waals surface area (Å²) < 4.78 is 5.06. The third-order valence-corrected chi connectivity index (χ3v) is 1.71. The molecule has 0 bridgehead atoms. The van der Waals surface area contributed by atoms with Gasteiger partial charge in [-0.25, -0.2) is 5.84 Å². The Hall–Kier alpha value is -0.810. The van der Waals surface area contributed by atoms with Gasteiger partial charge in [0.1, 0.15) is 0 Å². The highest BCUT2D eigenvalue weighted by Gasteiger charge is 2.07. The number of hydrazine groups is 1. The molecule has 5 nitrogen and oxygen atoms in total. The van der Waals surface area contributed by atoms with E-state index in [1.54, 1.807) is 14.2 Å². The molecule has 0 aliphatic heterocycles. The second kappa shape index (κ2) is 7.82. The second-order valence-corrected chi connectivity index (χ2v) is 2.80. The summed E-state index contributed by atoms with van der Waals surface area (Å²) in [5, 5.41) is 3.14. The Balaban J connectivity index is 3.91. The van der Waals surface area contributed by atoms with Crippen LogP contribution in [0.3, 0.4) is 0 Å². The highest BCUT2D eigenvalue weighted by atomic mass is 16.5. The number of hydrogen-bond acceptors (Lipinski definition) is 3. The molecule has 0 fully saturated rings. The van der Waals surface area contributed by atoms with Crippen LogP contribution in [0.5, 0.6) is 0 Å². The molecule has 1 unspecified atom stereocenters. The number of nitrogens with two attached hydrogens (primary N) is 1. The van der Waals surface area contributed by atoms with Gasteiger partial charge >= 0.3 is 0 Å². The summed E-state index contributed by atoms with van der Waals surface area (Å²) in [6, 6.07) is 0.268. The molecule has 0 heterocycles. The highest BCUT2D eigenvalue weighted by Crippen LogP contribution is 1.96. The van der Waals surface area contributed by atoms with Gasteiger partial charge in [0, 0.05) is 14.2 Å². The fourth-order valence-electron chi connectivity index (χ4n) is 1.11. The lowest BCUT2D eigenvalue weighted by molar-refractivity contribution is 0.169. The van der Waals surface area contributed by atoms with Crippen LogP contribution in [-0.4, -0.2) is 32.8 Å². The summed E-state index contributed by atoms with van der Waals surface area (Å²) in [6.45, 7) is 2.79. The van der Waals surface area contributed by atoms with Gasteiger partial charge in [-0.05, 0) is 6.42 Å². The summed E-state index contributed by atoms with van der Waals surface area (Å²) in [7, 11) is 3.36. The SMILES string of the molecule is CCCC(COC)NC(=NC)NN. The van der Waals surface area contributed by atoms with Gasteiger partial charge in [-0.3, -0.25) is 10.4 Å². The first-order chi connectivity index (χ1) is 6.28. The molecule has 0 rings (SSSR count). The number of hydrogen-bond donors (Lipinski definition) is 3. The predicted molar refractivity (Wildman–Crippen MR) is 54.4 cm³/mol. The highest BCUT2D eigenvalue weighted by molar-refractivity contribution is 5.79. The quantitative estimate of drug-likeness (QED) is 0.243. The first-order valence-electron chi connectivity index (χ1n) is 4.47. The van der Waals surface area contributed by atoms with Crippen LogP contribution in [0.4, 0.5) is 0 Å². The molecule has 1 atom stereocenters. The summed E-state index contributed by atoms with van der Waals surface area (Å²) >= 11 is 0. The maximum atomic E-state index is 5.24. The van der Waals surface area contributed by atoms with E-state index in [-0.39, 0.29) is 6.04 Å². The fourth-order valence-corrected chi connectivity index (χ4v) is 1.11. The van der Waals surface area contributed by atoms with Gasteiger partial charge in [0.05, 0.1) is 12.6 Å². The van der Waals surface area contributed by atoms with Crippen LogP contribution in [0.15, 0.2) is 4.99 Å². The molecule has 0 amide bonds. The number of rotatable bonds is 5. The lowest BCUT2D eigenvalue weighted by Crippen LogP contribution is -2.47. The zero-order valence-corrected chi connectivity index (χ0v) is 8.63. The Kier molecular flexibility index (Phi) is 7.33. The van der Waals surface area contributed by atoms with E-state index in [0.29, 0.717) is 12.6 Å². The minimum Gasteiger partial charge on any atom is -0.383 e. The van der Waals surface area contributed by atoms with E-state index in [2.05, 4.69) is 22.7 Å². The summed E-state index contributed by atoms with van der Waals surface area (Å²) in [5.74, 6) is 5.83. The molecule has 0 saturated carbocycles. The number of guanidine groups is 1. The molecular formula is C8H20N4O. The zero-order chi connectivity index (χ0) is 10.1. The molecule has 0 aromatic heterocycles. The van der Waals surface area contributed by atoms with Gasteiger partial charge in [-0.1, -0.05) is 13.3 Å². The molecule has 0 aliphatic carbocycles. The smallest absolute Gasteiger partial charge is 0.205 e. The second-order valence-electron chi connectivity index (χ2n) is 2.80. The van der Waals surface area contributed by atoms with Crippen molar-refractivity contribution in [1.29, 1.82) is 0 Å². The summed E-state index contributed by atoms with van der Waals surface area (Å²) in [5.41, 5.74) is 2.48. The van der Waals surface area contributed by atoms with Crippen molar-refractivity contribution in [3.63, 3.8) is 0 Å². The van der Waals surface area contributed by atoms with Crippen molar-refractivity contribution in [1.82, 2.24) is 10.7 Å². The van der Waals surface area contributed by atoms with E-state index < -0.39 is 0 Å². The maximum absolute atomic E-state index is 5.24. The predicted octanol–water partition coefficient (Wildman–Crippen LogP) is -0.160. The number of ether oxygens (including phenoxy) is 1. The van der Waals surface area contributed by atoms with Crippen LogP contribution in [0, 0.1) is 0 Å². The number of nitrogens with one attached hydrogen (secondary N) is 2. The molecule has 0 aliphatic rings. The molecule has 0 aromatic carbocycles. The first-order valence-corrected chi connectivity index (χ1v) is 4.47. The molecule has 0 aromatic rings. The summed E-state index contributed by atoms with van der Waals surface area (Å²) in [4.78, 5) is 3.92. The van der Waals surface area contributed by atoms with E-state index in [1.165, 1.54) is 0 Å². The van der Waals surface area contributed by atoms with E-state index in [1.807, 2.05) is 0 Å². The largest absolute Gasteiger partial charge is 0.383 e. The van der Waals surface area contributed by atoms with Gasteiger partial charge in [0.15, 0.2) is 0 Å². The van der Waals surface area contributed by atoms with Crippen LogP contribution in [0.2, 0.25) is 0 Å². The Bertz CT molecular complexity index is 143. The van der Waals surface area contributed by atoms with Gasteiger partial charge in [0.2, 0.25) is 5.96 Å². The molecule has 78 valence electrons. The molecule has 4 N–H and O–H groups in total. The first kappa shape index (κ1) is 12.2. The number of aliphatic imine (C=N–C) groups is 1. The van der Waals surface area contributed by atoms with Crippen LogP contribution in [0.25, 0.3) is 0 Å². The molecule has 13 heavy (non-hydrogen) atoms. The van der Waals surface area contributed by atoms with Crippen LogP contribution in [-0.2, 0) is 4.74 Å². The van der Waals surface area contributed by atoms with Crippen LogP contribution in [0.1, 0.15) is 19.8 Å². The van der Waals surface area contributed by atoms with Gasteiger partial charge in [-0.2, -0.15) is 0 Å². The lowest BCUT2D eigenvalue weighted by Gasteiger charge is -2.18. The van der Waals surface area contributed by atoms with Crippen molar-refractivity contribution >= 4 is 5.96 Å². The Morgan fingerprint density at radius 2 is 2.31 bits per heavy atom. The van der Waals surface area contributed by atoms with E-state index in [0.717, 1.165) is 12.8 Å². The molecule has 0 radical (unpaired) electrons. The van der Waals surface area contributed by atoms with Crippen molar-refractivity contribution in [3.05, 3.63) is 0 Å². The average molecular weight is 188 g/mol. The Labute approximate surface area is 79.7 Å². The van der Waals surface area contributed by atoms with Crippen molar-refractivity contribution in [2.24, 2.45) is 10.8 Å². The Morgan fingerprint density at radius 1 is 1.62 bits per heavy atom. The summed E-state index contributed by atoms with van der Waals surface area (Å²) in [6.07, 6.45) is 2.14. The van der Waals surface area contributed by atoms with E-state index >= 15 is 0 Å². The maximum Gasteiger partial charge on any atom is 0.205 e. The lowest BCUT2D eigenvalue weighted by atomic mass is 10.2. The standard InChI is InChI=1S/C8H20N4O/c1-4-5-7(6-13-3)11-8(10-2)12-9/h7H,4-6,9H2,1-3H3,(H2,10,11,12). The molecular weight excluding hydrogens is 168 g/mol. The average Bonchev–Trinajstić information content (AvgIpc) is 2.14. The van der Waals surface area contributed by atoms with Crippen molar-refractivity contribution < 1.29 is 4.74 Å².